The number of alkyl halides is 3. The van der Waals surface area contributed by atoms with Crippen LogP contribution in [0.5, 0.6) is 0 Å². The van der Waals surface area contributed by atoms with E-state index < -0.39 is 28.1 Å². The highest BCUT2D eigenvalue weighted by Crippen LogP contribution is 2.37. The molecule has 0 atom stereocenters. The van der Waals surface area contributed by atoms with Crippen LogP contribution in [-0.4, -0.2) is 18.6 Å². The van der Waals surface area contributed by atoms with Crippen LogP contribution < -0.4 is 0 Å². The van der Waals surface area contributed by atoms with Crippen molar-refractivity contribution >= 4 is 23.8 Å². The van der Waals surface area contributed by atoms with Crippen LogP contribution in [0.3, 0.4) is 0 Å². The molecule has 92 valence electrons. The van der Waals surface area contributed by atoms with E-state index in [1.54, 1.807) is 30.3 Å². The summed E-state index contributed by atoms with van der Waals surface area (Å²) >= 11 is -0.484. The van der Waals surface area contributed by atoms with Crippen molar-refractivity contribution < 1.29 is 22.7 Å². The molecule has 2 nitrogen and oxygen atoms in total. The minimum Gasteiger partial charge on any atom is -0.465 e. The normalized spacial score (nSPS) is 12.4. The molecule has 0 saturated heterocycles. The van der Waals surface area contributed by atoms with E-state index in [1.165, 1.54) is 0 Å². The second kappa shape index (κ2) is 5.77. The highest BCUT2D eigenvalue weighted by Gasteiger charge is 2.33. The van der Waals surface area contributed by atoms with Crippen LogP contribution in [0.1, 0.15) is 5.56 Å². The number of carbonyl (C=O) groups excluding carboxylic acids is 1. The molecule has 1 rings (SSSR count). The van der Waals surface area contributed by atoms with E-state index in [0.717, 1.165) is 13.2 Å². The number of hydrogen-bond donors (Lipinski definition) is 0. The van der Waals surface area contributed by atoms with Gasteiger partial charge in [-0.15, -0.1) is 0 Å². The molecule has 1 aromatic carbocycles. The summed E-state index contributed by atoms with van der Waals surface area (Å²) in [4.78, 5) is 10.7. The van der Waals surface area contributed by atoms with Gasteiger partial charge in [-0.05, 0) is 23.4 Å². The minimum atomic E-state index is -4.52. The molecule has 0 aliphatic rings. The van der Waals surface area contributed by atoms with Gasteiger partial charge in [-0.25, -0.2) is 4.79 Å². The van der Waals surface area contributed by atoms with Crippen molar-refractivity contribution in [2.24, 2.45) is 0 Å². The predicted octanol–water partition coefficient (Wildman–Crippen LogP) is 3.45. The lowest BCUT2D eigenvalue weighted by Gasteiger charge is -2.07. The quantitative estimate of drug-likeness (QED) is 0.616. The van der Waals surface area contributed by atoms with Crippen LogP contribution in [0.2, 0.25) is 0 Å². The first-order valence-corrected chi connectivity index (χ1v) is 5.35. The van der Waals surface area contributed by atoms with Crippen molar-refractivity contribution in [1.82, 2.24) is 0 Å². The van der Waals surface area contributed by atoms with Gasteiger partial charge in [0.25, 0.3) is 0 Å². The van der Waals surface area contributed by atoms with Gasteiger partial charge in [-0.2, -0.15) is 13.2 Å². The van der Waals surface area contributed by atoms with Gasteiger partial charge in [0.2, 0.25) is 0 Å². The molecule has 0 heterocycles. The third-order valence-electron chi connectivity index (χ3n) is 1.71. The molecular formula is C11H9F3O2S. The lowest BCUT2D eigenvalue weighted by Crippen LogP contribution is -2.08. The summed E-state index contributed by atoms with van der Waals surface area (Å²) < 4.78 is 41.0. The van der Waals surface area contributed by atoms with Crippen molar-refractivity contribution in [3.63, 3.8) is 0 Å². The molecule has 0 aliphatic carbocycles. The lowest BCUT2D eigenvalue weighted by molar-refractivity contribution is -0.135. The van der Waals surface area contributed by atoms with Gasteiger partial charge in [-0.1, -0.05) is 30.3 Å². The number of esters is 1. The van der Waals surface area contributed by atoms with E-state index in [4.69, 9.17) is 0 Å². The largest absolute Gasteiger partial charge is 0.465 e. The molecule has 0 aliphatic heterocycles. The van der Waals surface area contributed by atoms with E-state index in [0.29, 0.717) is 5.56 Å². The Balaban J connectivity index is 2.99. The third kappa shape index (κ3) is 4.95. The van der Waals surface area contributed by atoms with Gasteiger partial charge < -0.3 is 4.74 Å². The zero-order chi connectivity index (χ0) is 12.9. The van der Waals surface area contributed by atoms with Gasteiger partial charge in [0.1, 0.15) is 4.91 Å². The van der Waals surface area contributed by atoms with Crippen LogP contribution >= 0.6 is 11.8 Å². The van der Waals surface area contributed by atoms with Crippen LogP contribution in [0.25, 0.3) is 6.08 Å². The van der Waals surface area contributed by atoms with Crippen LogP contribution in [0.4, 0.5) is 13.2 Å². The number of rotatable bonds is 3. The number of benzene rings is 1. The summed E-state index contributed by atoms with van der Waals surface area (Å²) in [5, 5.41) is 0. The Morgan fingerprint density at radius 2 is 1.88 bits per heavy atom. The van der Waals surface area contributed by atoms with Crippen LogP contribution in [-0.2, 0) is 9.53 Å². The van der Waals surface area contributed by atoms with E-state index in [-0.39, 0.29) is 0 Å². The van der Waals surface area contributed by atoms with E-state index in [2.05, 4.69) is 4.74 Å². The van der Waals surface area contributed by atoms with Gasteiger partial charge in [0.15, 0.2) is 0 Å². The first-order valence-electron chi connectivity index (χ1n) is 4.53. The minimum absolute atomic E-state index is 0.484. The highest BCUT2D eigenvalue weighted by atomic mass is 32.2. The number of ether oxygens (including phenoxy) is 1. The molecule has 0 bridgehead atoms. The fourth-order valence-electron chi connectivity index (χ4n) is 1.06. The second-order valence-corrected chi connectivity index (χ2v) is 4.07. The van der Waals surface area contributed by atoms with E-state index >= 15 is 0 Å². The SMILES string of the molecule is COC(=O)/C(=C\c1ccccc1)SC(F)(F)F. The second-order valence-electron chi connectivity index (χ2n) is 2.96. The highest BCUT2D eigenvalue weighted by molar-refractivity contribution is 8.04. The summed E-state index contributed by atoms with van der Waals surface area (Å²) in [6.45, 7) is 0. The number of thioether (sulfide) groups is 1. The van der Waals surface area contributed by atoms with Crippen molar-refractivity contribution in [1.29, 1.82) is 0 Å². The topological polar surface area (TPSA) is 26.3 Å². The summed E-state index contributed by atoms with van der Waals surface area (Å²) in [6, 6.07) is 8.25. The van der Waals surface area contributed by atoms with Crippen LogP contribution in [0.15, 0.2) is 35.2 Å². The van der Waals surface area contributed by atoms with Gasteiger partial charge >= 0.3 is 11.5 Å². The Kier molecular flexibility index (Phi) is 4.62. The molecule has 0 aromatic heterocycles. The van der Waals surface area contributed by atoms with Crippen LogP contribution in [0, 0.1) is 0 Å². The Labute approximate surface area is 100 Å². The van der Waals surface area contributed by atoms with Gasteiger partial charge in [0, 0.05) is 0 Å². The Hall–Kier alpha value is -1.43. The molecule has 1 aromatic rings. The number of hydrogen-bond acceptors (Lipinski definition) is 3. The third-order valence-corrected chi connectivity index (χ3v) is 2.45. The molecule has 0 unspecified atom stereocenters. The Morgan fingerprint density at radius 3 is 2.35 bits per heavy atom. The van der Waals surface area contributed by atoms with Crippen molar-refractivity contribution in [3.05, 3.63) is 40.8 Å². The fourth-order valence-corrected chi connectivity index (χ4v) is 1.67. The van der Waals surface area contributed by atoms with Gasteiger partial charge in [0.05, 0.1) is 7.11 Å². The first kappa shape index (κ1) is 13.6. The van der Waals surface area contributed by atoms with Crippen molar-refractivity contribution in [2.45, 2.75) is 5.51 Å². The monoisotopic (exact) mass is 262 g/mol. The summed E-state index contributed by atoms with van der Waals surface area (Å²) in [7, 11) is 1.04. The molecule has 0 fully saturated rings. The van der Waals surface area contributed by atoms with Crippen molar-refractivity contribution in [2.75, 3.05) is 7.11 Å². The first-order chi connectivity index (χ1) is 7.92. The van der Waals surface area contributed by atoms with E-state index in [1.807, 2.05) is 0 Å². The summed E-state index contributed by atoms with van der Waals surface area (Å²) in [6.07, 6.45) is 1.14. The number of carbonyl (C=O) groups is 1. The average molecular weight is 262 g/mol. The molecular weight excluding hydrogens is 253 g/mol. The Morgan fingerprint density at radius 1 is 1.29 bits per heavy atom. The van der Waals surface area contributed by atoms with E-state index in [9.17, 15) is 18.0 Å². The molecule has 0 saturated carbocycles. The zero-order valence-electron chi connectivity index (χ0n) is 8.82. The van der Waals surface area contributed by atoms with Crippen molar-refractivity contribution in [3.8, 4) is 0 Å². The molecule has 0 spiro atoms. The number of halogens is 3. The molecule has 6 heteroatoms. The average Bonchev–Trinajstić information content (AvgIpc) is 2.27. The molecule has 0 radical (unpaired) electrons. The number of methoxy groups -OCH3 is 1. The molecule has 0 amide bonds. The smallest absolute Gasteiger partial charge is 0.446 e. The Bertz CT molecular complexity index is 412. The maximum Gasteiger partial charge on any atom is 0.446 e. The fraction of sp³-hybridized carbons (Fsp3) is 0.182. The van der Waals surface area contributed by atoms with Gasteiger partial charge in [-0.3, -0.25) is 0 Å². The lowest BCUT2D eigenvalue weighted by atomic mass is 10.2. The molecule has 0 N–H and O–H groups in total. The zero-order valence-corrected chi connectivity index (χ0v) is 9.64. The maximum atomic E-state index is 12.2. The maximum absolute atomic E-state index is 12.2. The standard InChI is InChI=1S/C11H9F3O2S/c1-16-10(15)9(17-11(12,13)14)7-8-5-3-2-4-6-8/h2-7H,1H3/b9-7+. The summed E-state index contributed by atoms with van der Waals surface area (Å²) in [5.41, 5.74) is -4.01. The summed E-state index contributed by atoms with van der Waals surface area (Å²) in [5.74, 6) is -1.00. The predicted molar refractivity (Wildman–Crippen MR) is 60.1 cm³/mol. The molecule has 17 heavy (non-hydrogen) atoms.